The highest BCUT2D eigenvalue weighted by molar-refractivity contribution is 9.10. The van der Waals surface area contributed by atoms with E-state index >= 15 is 0 Å². The predicted molar refractivity (Wildman–Crippen MR) is 132 cm³/mol. The number of ether oxygens (including phenoxy) is 1. The molecule has 3 heterocycles. The molecule has 0 spiro atoms. The van der Waals surface area contributed by atoms with Crippen LogP contribution in [0.5, 0.6) is 0 Å². The summed E-state index contributed by atoms with van der Waals surface area (Å²) in [4.78, 5) is 23.5. The first-order valence-electron chi connectivity index (χ1n) is 11.1. The largest absolute Gasteiger partial charge is 0.378 e. The Morgan fingerprint density at radius 2 is 1.53 bits per heavy atom. The fourth-order valence-corrected chi connectivity index (χ4v) is 4.77. The topological polar surface area (TPSA) is 51.8 Å². The van der Waals surface area contributed by atoms with E-state index in [0.717, 1.165) is 47.5 Å². The van der Waals surface area contributed by atoms with Crippen LogP contribution >= 0.6 is 15.9 Å². The minimum Gasteiger partial charge on any atom is -0.378 e. The lowest BCUT2D eigenvalue weighted by Gasteiger charge is -2.36. The lowest BCUT2D eigenvalue weighted by molar-refractivity contribution is 0.0741. The molecule has 2 saturated heterocycles. The van der Waals surface area contributed by atoms with Crippen molar-refractivity contribution in [2.45, 2.75) is 0 Å². The number of carbonyl (C=O) groups is 1. The molecule has 0 radical (unpaired) electrons. The van der Waals surface area contributed by atoms with Gasteiger partial charge in [0, 0.05) is 61.2 Å². The van der Waals surface area contributed by atoms with E-state index in [1.54, 1.807) is 0 Å². The average molecular weight is 495 g/mol. The predicted octanol–water partition coefficient (Wildman–Crippen LogP) is 4.24. The maximum absolute atomic E-state index is 13.6. The number of halogens is 1. The minimum atomic E-state index is 0.0718. The second-order valence-electron chi connectivity index (χ2n) is 8.15. The van der Waals surface area contributed by atoms with Crippen LogP contribution in [0.2, 0.25) is 0 Å². The lowest BCUT2D eigenvalue weighted by atomic mass is 10.1. The van der Waals surface area contributed by atoms with Crippen LogP contribution in [0.4, 0.5) is 11.4 Å². The normalized spacial score (nSPS) is 17.0. The standard InChI is InChI=1S/C25H27BrN4O2/c26-20-8-6-19(7-9-20)22-18-27-23(24(22)29-14-16-32-17-15-29)25(31)30-12-10-28(11-13-30)21-4-2-1-3-5-21/h1-9,18,27H,10-17H2. The number of anilines is 2. The molecule has 1 aromatic heterocycles. The van der Waals surface area contributed by atoms with E-state index in [0.29, 0.717) is 32.0 Å². The van der Waals surface area contributed by atoms with Gasteiger partial charge >= 0.3 is 0 Å². The number of piperazine rings is 1. The van der Waals surface area contributed by atoms with Crippen molar-refractivity contribution in [3.8, 4) is 11.1 Å². The van der Waals surface area contributed by atoms with E-state index in [1.165, 1.54) is 5.69 Å². The van der Waals surface area contributed by atoms with Gasteiger partial charge in [-0.05, 0) is 29.8 Å². The summed E-state index contributed by atoms with van der Waals surface area (Å²) in [6.45, 7) is 6.01. The number of morpholine rings is 1. The summed E-state index contributed by atoms with van der Waals surface area (Å²) < 4.78 is 6.61. The van der Waals surface area contributed by atoms with Crippen molar-refractivity contribution in [2.24, 2.45) is 0 Å². The molecule has 3 aromatic rings. The molecule has 2 fully saturated rings. The monoisotopic (exact) mass is 494 g/mol. The highest BCUT2D eigenvalue weighted by atomic mass is 79.9. The van der Waals surface area contributed by atoms with E-state index in [9.17, 15) is 4.79 Å². The molecule has 0 saturated carbocycles. The van der Waals surface area contributed by atoms with Crippen LogP contribution in [0.25, 0.3) is 11.1 Å². The number of hydrogen-bond donors (Lipinski definition) is 1. The molecule has 6 nitrogen and oxygen atoms in total. The first kappa shape index (κ1) is 21.1. The van der Waals surface area contributed by atoms with Crippen molar-refractivity contribution in [2.75, 3.05) is 62.3 Å². The number of aromatic nitrogens is 1. The Morgan fingerprint density at radius 3 is 2.22 bits per heavy atom. The number of rotatable bonds is 4. The molecule has 2 aliphatic rings. The van der Waals surface area contributed by atoms with Gasteiger partial charge in [-0.3, -0.25) is 4.79 Å². The van der Waals surface area contributed by atoms with Crippen molar-refractivity contribution in [1.29, 1.82) is 0 Å². The van der Waals surface area contributed by atoms with E-state index in [4.69, 9.17) is 4.74 Å². The minimum absolute atomic E-state index is 0.0718. The molecule has 2 aromatic carbocycles. The summed E-state index contributed by atoms with van der Waals surface area (Å²) in [5.74, 6) is 0.0718. The molecule has 2 aliphatic heterocycles. The van der Waals surface area contributed by atoms with Gasteiger partial charge in [0.25, 0.3) is 5.91 Å². The number of carbonyl (C=O) groups excluding carboxylic acids is 1. The Morgan fingerprint density at radius 1 is 0.844 bits per heavy atom. The Kier molecular flexibility index (Phi) is 6.19. The van der Waals surface area contributed by atoms with Crippen LogP contribution in [-0.4, -0.2) is 68.3 Å². The van der Waals surface area contributed by atoms with E-state index < -0.39 is 0 Å². The van der Waals surface area contributed by atoms with Gasteiger partial charge < -0.3 is 24.4 Å². The number of benzene rings is 2. The molecule has 0 bridgehead atoms. The Balaban J connectivity index is 1.40. The van der Waals surface area contributed by atoms with Crippen LogP contribution in [0.15, 0.2) is 65.3 Å². The van der Waals surface area contributed by atoms with Crippen molar-refractivity contribution in [3.63, 3.8) is 0 Å². The van der Waals surface area contributed by atoms with Crippen molar-refractivity contribution >= 4 is 33.2 Å². The molecule has 1 amide bonds. The third-order valence-corrected chi connectivity index (χ3v) is 6.77. The molecule has 166 valence electrons. The summed E-state index contributed by atoms with van der Waals surface area (Å²) in [5, 5.41) is 0. The fourth-order valence-electron chi connectivity index (χ4n) is 4.51. The van der Waals surface area contributed by atoms with Crippen LogP contribution in [0, 0.1) is 0 Å². The summed E-state index contributed by atoms with van der Waals surface area (Å²) >= 11 is 3.52. The Bertz CT molecular complexity index is 1050. The third-order valence-electron chi connectivity index (χ3n) is 6.24. The summed E-state index contributed by atoms with van der Waals surface area (Å²) in [6, 6.07) is 18.7. The number of amides is 1. The SMILES string of the molecule is O=C(c1[nH]cc(-c2ccc(Br)cc2)c1N1CCOCC1)N1CCN(c2ccccc2)CC1. The van der Waals surface area contributed by atoms with Gasteiger partial charge in [0.2, 0.25) is 0 Å². The average Bonchev–Trinajstić information content (AvgIpc) is 3.30. The van der Waals surface area contributed by atoms with E-state index in [-0.39, 0.29) is 5.91 Å². The molecule has 7 heteroatoms. The first-order chi connectivity index (χ1) is 15.7. The quantitative estimate of drug-likeness (QED) is 0.589. The van der Waals surface area contributed by atoms with Gasteiger partial charge in [-0.15, -0.1) is 0 Å². The fraction of sp³-hybridized carbons (Fsp3) is 0.320. The zero-order chi connectivity index (χ0) is 21.9. The molecule has 1 N–H and O–H groups in total. The molecule has 32 heavy (non-hydrogen) atoms. The second-order valence-corrected chi connectivity index (χ2v) is 9.06. The van der Waals surface area contributed by atoms with Crippen LogP contribution in [0.3, 0.4) is 0 Å². The van der Waals surface area contributed by atoms with Crippen LogP contribution < -0.4 is 9.80 Å². The molecule has 0 unspecified atom stereocenters. The van der Waals surface area contributed by atoms with E-state index in [2.05, 4.69) is 67.1 Å². The van der Waals surface area contributed by atoms with Gasteiger partial charge in [0.15, 0.2) is 0 Å². The Labute approximate surface area is 196 Å². The summed E-state index contributed by atoms with van der Waals surface area (Å²) in [7, 11) is 0. The maximum atomic E-state index is 13.6. The van der Waals surface area contributed by atoms with Gasteiger partial charge in [-0.1, -0.05) is 46.3 Å². The van der Waals surface area contributed by atoms with Gasteiger partial charge in [0.05, 0.1) is 18.9 Å². The van der Waals surface area contributed by atoms with Gasteiger partial charge in [-0.25, -0.2) is 0 Å². The number of nitrogens with zero attached hydrogens (tertiary/aromatic N) is 3. The van der Waals surface area contributed by atoms with Gasteiger partial charge in [0.1, 0.15) is 5.69 Å². The number of aromatic amines is 1. The second kappa shape index (κ2) is 9.38. The zero-order valence-electron chi connectivity index (χ0n) is 18.0. The molecule has 0 atom stereocenters. The Hall–Kier alpha value is -2.77. The summed E-state index contributed by atoms with van der Waals surface area (Å²) in [5.41, 5.74) is 5.04. The highest BCUT2D eigenvalue weighted by Gasteiger charge is 2.29. The molecular formula is C25H27BrN4O2. The number of para-hydroxylation sites is 1. The van der Waals surface area contributed by atoms with Crippen LogP contribution in [-0.2, 0) is 4.74 Å². The van der Waals surface area contributed by atoms with Crippen molar-refractivity contribution < 1.29 is 9.53 Å². The first-order valence-corrected chi connectivity index (χ1v) is 11.9. The molecule has 0 aliphatic carbocycles. The zero-order valence-corrected chi connectivity index (χ0v) is 19.6. The van der Waals surface area contributed by atoms with Crippen molar-refractivity contribution in [1.82, 2.24) is 9.88 Å². The van der Waals surface area contributed by atoms with Crippen molar-refractivity contribution in [3.05, 3.63) is 71.0 Å². The number of H-pyrrole nitrogens is 1. The molecular weight excluding hydrogens is 468 g/mol. The maximum Gasteiger partial charge on any atom is 0.272 e. The number of nitrogens with one attached hydrogen (secondary N) is 1. The number of hydrogen-bond acceptors (Lipinski definition) is 4. The van der Waals surface area contributed by atoms with E-state index in [1.807, 2.05) is 29.3 Å². The lowest BCUT2D eigenvalue weighted by Crippen LogP contribution is -2.49. The highest BCUT2D eigenvalue weighted by Crippen LogP contribution is 2.36. The van der Waals surface area contributed by atoms with Gasteiger partial charge in [-0.2, -0.15) is 0 Å². The molecule has 5 rings (SSSR count). The van der Waals surface area contributed by atoms with Crippen LogP contribution in [0.1, 0.15) is 10.5 Å². The third kappa shape index (κ3) is 4.27. The summed E-state index contributed by atoms with van der Waals surface area (Å²) in [6.07, 6.45) is 1.97. The smallest absolute Gasteiger partial charge is 0.272 e.